The van der Waals surface area contributed by atoms with Crippen LogP contribution in [0.4, 0.5) is 0 Å². The number of carbonyl (C=O) groups is 1. The largest absolute Gasteiger partial charge is 0.491 e. The molecule has 0 saturated carbocycles. The molecule has 1 aromatic rings. The monoisotopic (exact) mass is 209 g/mol. The minimum absolute atomic E-state index is 0.0563. The highest BCUT2D eigenvalue weighted by atomic mass is 16.5. The summed E-state index contributed by atoms with van der Waals surface area (Å²) in [7, 11) is 0. The summed E-state index contributed by atoms with van der Waals surface area (Å²) in [6, 6.07) is 3.45. The zero-order chi connectivity index (χ0) is 11.4. The van der Waals surface area contributed by atoms with Crippen LogP contribution in [0.3, 0.4) is 0 Å². The van der Waals surface area contributed by atoms with Crippen molar-refractivity contribution in [2.24, 2.45) is 5.73 Å². The molecule has 0 atom stereocenters. The Hall–Kier alpha value is -1.55. The lowest BCUT2D eigenvalue weighted by atomic mass is 10.0. The van der Waals surface area contributed by atoms with Gasteiger partial charge in [-0.3, -0.25) is 4.79 Å². The van der Waals surface area contributed by atoms with Crippen molar-refractivity contribution < 1.29 is 14.6 Å². The van der Waals surface area contributed by atoms with Crippen molar-refractivity contribution in [2.75, 3.05) is 13.2 Å². The summed E-state index contributed by atoms with van der Waals surface area (Å²) in [5.74, 6) is 0.116. The average Bonchev–Trinajstić information content (AvgIpc) is 2.16. The molecular formula is C11H15NO3. The lowest BCUT2D eigenvalue weighted by Crippen LogP contribution is -2.13. The number of carbonyl (C=O) groups excluding carboxylic acids is 1. The third kappa shape index (κ3) is 2.70. The van der Waals surface area contributed by atoms with Gasteiger partial charge in [-0.1, -0.05) is 6.07 Å². The van der Waals surface area contributed by atoms with Crippen LogP contribution in [-0.4, -0.2) is 24.2 Å². The molecule has 0 aromatic heterocycles. The first-order valence-corrected chi connectivity index (χ1v) is 4.71. The van der Waals surface area contributed by atoms with Crippen molar-refractivity contribution in [2.45, 2.75) is 13.8 Å². The highest BCUT2D eigenvalue weighted by Crippen LogP contribution is 2.22. The number of ether oxygens (including phenoxy) is 1. The molecule has 0 spiro atoms. The van der Waals surface area contributed by atoms with Crippen molar-refractivity contribution in [1.29, 1.82) is 0 Å². The Morgan fingerprint density at radius 3 is 2.60 bits per heavy atom. The highest BCUT2D eigenvalue weighted by Gasteiger charge is 2.09. The van der Waals surface area contributed by atoms with Gasteiger partial charge < -0.3 is 15.6 Å². The molecule has 4 heteroatoms. The van der Waals surface area contributed by atoms with Crippen LogP contribution in [0.2, 0.25) is 0 Å². The molecule has 0 unspecified atom stereocenters. The quantitative estimate of drug-likeness (QED) is 0.769. The minimum Gasteiger partial charge on any atom is -0.491 e. The standard InChI is InChI=1S/C11H15NO3/c1-7-5-8(2)10(15-4-3-13)6-9(7)11(12)14/h5-6,13H,3-4H2,1-2H3,(H2,12,14). The molecule has 3 N–H and O–H groups in total. The first-order valence-electron chi connectivity index (χ1n) is 4.71. The first-order chi connectivity index (χ1) is 7.06. The van der Waals surface area contributed by atoms with Gasteiger partial charge in [-0.05, 0) is 31.0 Å². The summed E-state index contributed by atoms with van der Waals surface area (Å²) in [6.45, 7) is 3.86. The van der Waals surface area contributed by atoms with Gasteiger partial charge in [-0.25, -0.2) is 0 Å². The maximum Gasteiger partial charge on any atom is 0.249 e. The van der Waals surface area contributed by atoms with E-state index in [0.29, 0.717) is 11.3 Å². The van der Waals surface area contributed by atoms with E-state index < -0.39 is 5.91 Å². The van der Waals surface area contributed by atoms with Crippen LogP contribution in [0.25, 0.3) is 0 Å². The Balaban J connectivity index is 3.06. The zero-order valence-corrected chi connectivity index (χ0v) is 8.91. The van der Waals surface area contributed by atoms with Crippen molar-refractivity contribution in [1.82, 2.24) is 0 Å². The number of amides is 1. The molecule has 0 heterocycles. The Morgan fingerprint density at radius 2 is 2.07 bits per heavy atom. The lowest BCUT2D eigenvalue weighted by molar-refractivity contribution is 0.0999. The number of aryl methyl sites for hydroxylation is 2. The number of rotatable bonds is 4. The summed E-state index contributed by atoms with van der Waals surface area (Å²) in [6.07, 6.45) is 0. The van der Waals surface area contributed by atoms with Gasteiger partial charge in [0.1, 0.15) is 12.4 Å². The zero-order valence-electron chi connectivity index (χ0n) is 8.91. The fourth-order valence-electron chi connectivity index (χ4n) is 1.41. The summed E-state index contributed by atoms with van der Waals surface area (Å²) in [5.41, 5.74) is 7.42. The number of aliphatic hydroxyl groups excluding tert-OH is 1. The maximum absolute atomic E-state index is 11.1. The van der Waals surface area contributed by atoms with Gasteiger partial charge in [0.2, 0.25) is 5.91 Å². The lowest BCUT2D eigenvalue weighted by Gasteiger charge is -2.11. The number of primary amides is 1. The summed E-state index contributed by atoms with van der Waals surface area (Å²) < 4.78 is 5.27. The molecule has 0 bridgehead atoms. The molecule has 1 rings (SSSR count). The van der Waals surface area contributed by atoms with Gasteiger partial charge in [0.25, 0.3) is 0 Å². The second kappa shape index (κ2) is 4.79. The summed E-state index contributed by atoms with van der Waals surface area (Å²) in [5, 5.41) is 8.63. The Labute approximate surface area is 88.7 Å². The topological polar surface area (TPSA) is 72.6 Å². The molecule has 0 fully saturated rings. The Morgan fingerprint density at radius 1 is 1.40 bits per heavy atom. The van der Waals surface area contributed by atoms with Crippen LogP contribution in [-0.2, 0) is 0 Å². The predicted molar refractivity (Wildman–Crippen MR) is 57.0 cm³/mol. The molecule has 0 aliphatic carbocycles. The first kappa shape index (κ1) is 11.5. The summed E-state index contributed by atoms with van der Waals surface area (Å²) >= 11 is 0. The van der Waals surface area contributed by atoms with E-state index in [4.69, 9.17) is 15.6 Å². The van der Waals surface area contributed by atoms with E-state index in [1.54, 1.807) is 6.07 Å². The van der Waals surface area contributed by atoms with Crippen molar-refractivity contribution in [3.63, 3.8) is 0 Å². The third-order valence-electron chi connectivity index (χ3n) is 2.14. The van der Waals surface area contributed by atoms with E-state index in [0.717, 1.165) is 11.1 Å². The van der Waals surface area contributed by atoms with Crippen LogP contribution < -0.4 is 10.5 Å². The normalized spacial score (nSPS) is 10.1. The smallest absolute Gasteiger partial charge is 0.249 e. The van der Waals surface area contributed by atoms with Gasteiger partial charge in [0.15, 0.2) is 0 Å². The van der Waals surface area contributed by atoms with E-state index >= 15 is 0 Å². The van der Waals surface area contributed by atoms with E-state index in [1.165, 1.54) is 0 Å². The SMILES string of the molecule is Cc1cc(C)c(C(N)=O)cc1OCCO. The van der Waals surface area contributed by atoms with E-state index in [-0.39, 0.29) is 13.2 Å². The van der Waals surface area contributed by atoms with E-state index in [2.05, 4.69) is 0 Å². The molecule has 15 heavy (non-hydrogen) atoms. The van der Waals surface area contributed by atoms with E-state index in [9.17, 15) is 4.79 Å². The van der Waals surface area contributed by atoms with Crippen molar-refractivity contribution >= 4 is 5.91 Å². The predicted octanol–water partition coefficient (Wildman–Crippen LogP) is 0.773. The van der Waals surface area contributed by atoms with Gasteiger partial charge >= 0.3 is 0 Å². The number of hydrogen-bond donors (Lipinski definition) is 2. The summed E-state index contributed by atoms with van der Waals surface area (Å²) in [4.78, 5) is 11.1. The van der Waals surface area contributed by atoms with Gasteiger partial charge in [-0.2, -0.15) is 0 Å². The highest BCUT2D eigenvalue weighted by molar-refractivity contribution is 5.94. The Kier molecular flexibility index (Phi) is 3.68. The Bertz CT molecular complexity index is 374. The molecule has 0 radical (unpaired) electrons. The molecule has 1 aromatic carbocycles. The maximum atomic E-state index is 11.1. The van der Waals surface area contributed by atoms with Crippen molar-refractivity contribution in [3.8, 4) is 5.75 Å². The van der Waals surface area contributed by atoms with Gasteiger partial charge in [-0.15, -0.1) is 0 Å². The van der Waals surface area contributed by atoms with Crippen LogP contribution in [0.5, 0.6) is 5.75 Å². The average molecular weight is 209 g/mol. The van der Waals surface area contributed by atoms with Gasteiger partial charge in [0, 0.05) is 5.56 Å². The second-order valence-corrected chi connectivity index (χ2v) is 3.37. The van der Waals surface area contributed by atoms with Gasteiger partial charge in [0.05, 0.1) is 6.61 Å². The van der Waals surface area contributed by atoms with Crippen molar-refractivity contribution in [3.05, 3.63) is 28.8 Å². The molecule has 82 valence electrons. The van der Waals surface area contributed by atoms with Crippen LogP contribution in [0.1, 0.15) is 21.5 Å². The molecule has 0 saturated heterocycles. The molecular weight excluding hydrogens is 194 g/mol. The van der Waals surface area contributed by atoms with E-state index in [1.807, 2.05) is 19.9 Å². The molecule has 0 aliphatic heterocycles. The third-order valence-corrected chi connectivity index (χ3v) is 2.14. The molecule has 0 aliphatic rings. The number of benzene rings is 1. The fraction of sp³-hybridized carbons (Fsp3) is 0.364. The second-order valence-electron chi connectivity index (χ2n) is 3.37. The number of hydrogen-bond acceptors (Lipinski definition) is 3. The van der Waals surface area contributed by atoms with Crippen LogP contribution in [0, 0.1) is 13.8 Å². The van der Waals surface area contributed by atoms with Crippen LogP contribution in [0.15, 0.2) is 12.1 Å². The fourth-order valence-corrected chi connectivity index (χ4v) is 1.41. The molecule has 1 amide bonds. The van der Waals surface area contributed by atoms with Crippen LogP contribution >= 0.6 is 0 Å². The number of nitrogens with two attached hydrogens (primary N) is 1. The molecule has 4 nitrogen and oxygen atoms in total. The minimum atomic E-state index is -0.471. The number of aliphatic hydroxyl groups is 1.